The van der Waals surface area contributed by atoms with Gasteiger partial charge in [-0.25, -0.2) is 28.1 Å². The number of amides is 2. The van der Waals surface area contributed by atoms with Crippen molar-refractivity contribution in [1.29, 1.82) is 0 Å². The lowest BCUT2D eigenvalue weighted by Gasteiger charge is -2.26. The molecular formula is C36H34F2N12O2. The molecule has 2 amide bonds. The quantitative estimate of drug-likeness (QED) is 0.266. The minimum absolute atomic E-state index is 0.0660. The van der Waals surface area contributed by atoms with Crippen molar-refractivity contribution in [3.8, 4) is 0 Å². The summed E-state index contributed by atoms with van der Waals surface area (Å²) >= 11 is 0. The molecule has 264 valence electrons. The topological polar surface area (TPSA) is 138 Å². The summed E-state index contributed by atoms with van der Waals surface area (Å²) in [5.74, 6) is 0.0812. The Balaban J connectivity index is 0.000000138. The van der Waals surface area contributed by atoms with Gasteiger partial charge in [0.05, 0.1) is 49.7 Å². The van der Waals surface area contributed by atoms with Crippen molar-refractivity contribution in [2.24, 2.45) is 0 Å². The lowest BCUT2D eigenvalue weighted by atomic mass is 10.0. The van der Waals surface area contributed by atoms with E-state index in [2.05, 4.69) is 30.4 Å². The van der Waals surface area contributed by atoms with E-state index in [-0.39, 0.29) is 47.2 Å². The maximum Gasteiger partial charge on any atom is 0.293 e. The third kappa shape index (κ3) is 5.63. The molecule has 4 aliphatic rings. The smallest absolute Gasteiger partial charge is 0.293 e. The second-order valence-electron chi connectivity index (χ2n) is 13.3. The highest BCUT2D eigenvalue weighted by Crippen LogP contribution is 2.40. The summed E-state index contributed by atoms with van der Waals surface area (Å²) in [6, 6.07) is 22.6. The Labute approximate surface area is 296 Å². The molecule has 0 fully saturated rings. The standard InChI is InChI=1S/2C18H17FN6O/c2*19-14-10-15(12-4-2-1-3-5-12)25-17(14)21-16(22-25)18(26)23-8-9-24-13(11-23)6-7-20-24/h2*1-7,14-15H,8-11H2. The van der Waals surface area contributed by atoms with Gasteiger partial charge in [0.1, 0.15) is 0 Å². The monoisotopic (exact) mass is 704 g/mol. The van der Waals surface area contributed by atoms with E-state index in [4.69, 9.17) is 0 Å². The first-order valence-electron chi connectivity index (χ1n) is 17.3. The van der Waals surface area contributed by atoms with Crippen molar-refractivity contribution >= 4 is 11.8 Å². The van der Waals surface area contributed by atoms with Crippen LogP contribution in [0.4, 0.5) is 8.78 Å². The van der Waals surface area contributed by atoms with E-state index >= 15 is 0 Å². The van der Waals surface area contributed by atoms with Gasteiger partial charge in [-0.3, -0.25) is 19.0 Å². The number of halogens is 2. The van der Waals surface area contributed by atoms with Gasteiger partial charge in [0, 0.05) is 38.3 Å². The molecule has 8 heterocycles. The largest absolute Gasteiger partial charge is 0.328 e. The van der Waals surface area contributed by atoms with Crippen LogP contribution in [0.25, 0.3) is 0 Å². The molecule has 2 aromatic carbocycles. The van der Waals surface area contributed by atoms with Crippen molar-refractivity contribution in [2.45, 2.75) is 63.4 Å². The van der Waals surface area contributed by atoms with E-state index in [0.717, 1.165) is 22.5 Å². The molecule has 16 heteroatoms. The van der Waals surface area contributed by atoms with Crippen LogP contribution in [0.1, 0.15) is 92.7 Å². The SMILES string of the molecule is O=C(c1nc2n(n1)C(c1ccccc1)CC2F)N1CCn2nccc2C1.O=C(c1nc2n(n1)C(c1ccccc1)CC2F)N1CCn2nccc2C1. The minimum atomic E-state index is -1.21. The summed E-state index contributed by atoms with van der Waals surface area (Å²) in [6.07, 6.45) is 1.64. The van der Waals surface area contributed by atoms with Gasteiger partial charge in [-0.15, -0.1) is 10.2 Å². The lowest BCUT2D eigenvalue weighted by molar-refractivity contribution is 0.0686. The minimum Gasteiger partial charge on any atom is -0.328 e. The molecule has 0 saturated carbocycles. The zero-order valence-corrected chi connectivity index (χ0v) is 28.0. The van der Waals surface area contributed by atoms with Crippen LogP contribution in [-0.2, 0) is 26.2 Å². The maximum atomic E-state index is 14.5. The number of hydrogen-bond donors (Lipinski definition) is 0. The Morgan fingerprint density at radius 1 is 0.577 bits per heavy atom. The van der Waals surface area contributed by atoms with Crippen molar-refractivity contribution in [1.82, 2.24) is 58.9 Å². The fourth-order valence-corrected chi connectivity index (χ4v) is 7.45. The van der Waals surface area contributed by atoms with E-state index in [1.165, 1.54) is 0 Å². The van der Waals surface area contributed by atoms with E-state index in [0.29, 0.717) is 52.1 Å². The maximum absolute atomic E-state index is 14.5. The molecule has 4 unspecified atom stereocenters. The second kappa shape index (κ2) is 12.9. The van der Waals surface area contributed by atoms with Gasteiger partial charge in [-0.05, 0) is 23.3 Å². The average Bonchev–Trinajstić information content (AvgIpc) is 4.04. The van der Waals surface area contributed by atoms with E-state index < -0.39 is 12.3 Å². The summed E-state index contributed by atoms with van der Waals surface area (Å²) in [6.45, 7) is 3.28. The molecule has 14 nitrogen and oxygen atoms in total. The average molecular weight is 705 g/mol. The van der Waals surface area contributed by atoms with Crippen LogP contribution >= 0.6 is 0 Å². The normalized spacial score (nSPS) is 21.5. The van der Waals surface area contributed by atoms with Gasteiger partial charge in [-0.2, -0.15) is 10.2 Å². The van der Waals surface area contributed by atoms with Gasteiger partial charge >= 0.3 is 0 Å². The molecule has 10 rings (SSSR count). The van der Waals surface area contributed by atoms with Crippen LogP contribution in [0.15, 0.2) is 85.2 Å². The van der Waals surface area contributed by atoms with Crippen LogP contribution in [0.3, 0.4) is 0 Å². The molecule has 0 saturated heterocycles. The summed E-state index contributed by atoms with van der Waals surface area (Å²) in [5.41, 5.74) is 3.89. The van der Waals surface area contributed by atoms with Crippen LogP contribution < -0.4 is 0 Å². The van der Waals surface area contributed by atoms with Crippen molar-refractivity contribution < 1.29 is 18.4 Å². The van der Waals surface area contributed by atoms with Gasteiger partial charge in [-0.1, -0.05) is 60.7 Å². The summed E-state index contributed by atoms with van der Waals surface area (Å²) in [4.78, 5) is 37.5. The number of carbonyl (C=O) groups excluding carboxylic acids is 2. The Hall–Kier alpha value is -6.06. The number of rotatable bonds is 4. The first kappa shape index (κ1) is 31.9. The zero-order chi connectivity index (χ0) is 35.3. The molecule has 4 atom stereocenters. The highest BCUT2D eigenvalue weighted by Gasteiger charge is 2.39. The fraction of sp³-hybridized carbons (Fsp3) is 0.333. The van der Waals surface area contributed by atoms with E-state index in [1.807, 2.05) is 82.2 Å². The first-order valence-corrected chi connectivity index (χ1v) is 17.3. The molecule has 6 aromatic rings. The number of carbonyl (C=O) groups is 2. The van der Waals surface area contributed by atoms with E-state index in [9.17, 15) is 18.4 Å². The molecular weight excluding hydrogens is 670 g/mol. The number of hydrogen-bond acceptors (Lipinski definition) is 8. The summed E-state index contributed by atoms with van der Waals surface area (Å²) < 4.78 is 35.8. The number of aromatic nitrogens is 10. The van der Waals surface area contributed by atoms with Crippen molar-refractivity contribution in [3.05, 3.63) is 131 Å². The van der Waals surface area contributed by atoms with Crippen molar-refractivity contribution in [3.63, 3.8) is 0 Å². The molecule has 0 bridgehead atoms. The van der Waals surface area contributed by atoms with Gasteiger partial charge in [0.15, 0.2) is 24.0 Å². The molecule has 52 heavy (non-hydrogen) atoms. The molecule has 0 N–H and O–H groups in total. The Kier molecular flexibility index (Phi) is 7.92. The third-order valence-electron chi connectivity index (χ3n) is 10.1. The van der Waals surface area contributed by atoms with E-state index in [1.54, 1.807) is 31.6 Å². The zero-order valence-electron chi connectivity index (χ0n) is 28.0. The molecule has 0 radical (unpaired) electrons. The number of alkyl halides is 2. The summed E-state index contributed by atoms with van der Waals surface area (Å²) in [5, 5.41) is 17.2. The van der Waals surface area contributed by atoms with Crippen LogP contribution in [-0.4, -0.2) is 83.8 Å². The number of fused-ring (bicyclic) bond motifs is 4. The predicted octanol–water partition coefficient (Wildman–Crippen LogP) is 4.27. The predicted molar refractivity (Wildman–Crippen MR) is 180 cm³/mol. The number of benzene rings is 2. The Morgan fingerprint density at radius 2 is 1.00 bits per heavy atom. The number of nitrogens with zero attached hydrogens (tertiary/aromatic N) is 12. The van der Waals surface area contributed by atoms with Crippen LogP contribution in [0.2, 0.25) is 0 Å². The third-order valence-corrected chi connectivity index (χ3v) is 10.1. The Morgan fingerprint density at radius 3 is 1.42 bits per heavy atom. The molecule has 0 aliphatic carbocycles. The van der Waals surface area contributed by atoms with Gasteiger partial charge < -0.3 is 9.80 Å². The lowest BCUT2D eigenvalue weighted by Crippen LogP contribution is -2.39. The fourth-order valence-electron chi connectivity index (χ4n) is 7.45. The summed E-state index contributed by atoms with van der Waals surface area (Å²) in [7, 11) is 0. The van der Waals surface area contributed by atoms with Gasteiger partial charge in [0.25, 0.3) is 11.8 Å². The Bertz CT molecular complexity index is 2090. The van der Waals surface area contributed by atoms with Crippen LogP contribution in [0, 0.1) is 0 Å². The van der Waals surface area contributed by atoms with Crippen LogP contribution in [0.5, 0.6) is 0 Å². The first-order chi connectivity index (χ1) is 25.4. The second-order valence-corrected chi connectivity index (χ2v) is 13.3. The molecule has 4 aliphatic heterocycles. The molecule has 4 aromatic heterocycles. The highest BCUT2D eigenvalue weighted by atomic mass is 19.1. The molecule has 0 spiro atoms. The van der Waals surface area contributed by atoms with Gasteiger partial charge in [0.2, 0.25) is 11.6 Å². The highest BCUT2D eigenvalue weighted by molar-refractivity contribution is 5.91. The van der Waals surface area contributed by atoms with Crippen molar-refractivity contribution in [2.75, 3.05) is 13.1 Å².